The van der Waals surface area contributed by atoms with Crippen LogP contribution in [0.15, 0.2) is 23.3 Å². The zero-order valence-corrected chi connectivity index (χ0v) is 6.28. The lowest BCUT2D eigenvalue weighted by Gasteiger charge is -1.98. The summed E-state index contributed by atoms with van der Waals surface area (Å²) in [6, 6.07) is 5.84. The van der Waals surface area contributed by atoms with Crippen LogP contribution in [0.4, 0.5) is 0 Å². The van der Waals surface area contributed by atoms with Gasteiger partial charge < -0.3 is 5.84 Å². The Morgan fingerprint density at radius 2 is 2.36 bits per heavy atom. The minimum atomic E-state index is 0.582. The van der Waals surface area contributed by atoms with Gasteiger partial charge in [0.2, 0.25) is 0 Å². The zero-order chi connectivity index (χ0) is 8.27. The van der Waals surface area contributed by atoms with E-state index in [4.69, 9.17) is 12.3 Å². The van der Waals surface area contributed by atoms with E-state index in [0.717, 1.165) is 5.56 Å². The van der Waals surface area contributed by atoms with Crippen LogP contribution >= 0.6 is 0 Å². The molecule has 2 N–H and O–H groups in total. The molecule has 1 rings (SSSR count). The number of hydrogen-bond donors (Lipinski definition) is 1. The van der Waals surface area contributed by atoms with E-state index in [1.807, 2.05) is 13.0 Å². The number of nitrogens with zero attached hydrogens (tertiary/aromatic N) is 2. The predicted molar refractivity (Wildman–Crippen MR) is 43.7 cm³/mol. The van der Waals surface area contributed by atoms with Gasteiger partial charge in [0.05, 0.1) is 0 Å². The van der Waals surface area contributed by atoms with Crippen molar-refractivity contribution in [3.8, 4) is 12.5 Å². The molecule has 0 aliphatic rings. The van der Waals surface area contributed by atoms with Crippen LogP contribution in [0.3, 0.4) is 0 Å². The molecule has 0 atom stereocenters. The number of hydrogen-bond acceptors (Lipinski definition) is 2. The molecule has 1 aromatic heterocycles. The highest BCUT2D eigenvalue weighted by Crippen LogP contribution is 1.87. The minimum Gasteiger partial charge on any atom is -0.338 e. The van der Waals surface area contributed by atoms with Crippen molar-refractivity contribution < 1.29 is 0 Å². The van der Waals surface area contributed by atoms with Gasteiger partial charge >= 0.3 is 0 Å². The molecule has 0 amide bonds. The minimum absolute atomic E-state index is 0.582. The number of rotatable bonds is 0. The Bertz CT molecular complexity index is 354. The first kappa shape index (κ1) is 7.42. The third-order valence-corrected chi connectivity index (χ3v) is 1.28. The van der Waals surface area contributed by atoms with Crippen molar-refractivity contribution in [3.63, 3.8) is 0 Å². The van der Waals surface area contributed by atoms with E-state index in [0.29, 0.717) is 5.49 Å². The Labute approximate surface area is 65.2 Å². The van der Waals surface area contributed by atoms with E-state index in [9.17, 15) is 0 Å². The van der Waals surface area contributed by atoms with Gasteiger partial charge in [0, 0.05) is 12.2 Å². The molecular formula is C8H9N3. The van der Waals surface area contributed by atoms with Crippen molar-refractivity contribution >= 4 is 0 Å². The lowest BCUT2D eigenvalue weighted by Crippen LogP contribution is -2.26. The van der Waals surface area contributed by atoms with Gasteiger partial charge in [-0.05, 0) is 18.6 Å². The van der Waals surface area contributed by atoms with E-state index in [1.165, 1.54) is 4.68 Å². The van der Waals surface area contributed by atoms with Crippen LogP contribution < -0.4 is 11.3 Å². The summed E-state index contributed by atoms with van der Waals surface area (Å²) in [5.74, 6) is 5.53. The average molecular weight is 147 g/mol. The molecule has 0 aromatic carbocycles. The summed E-state index contributed by atoms with van der Waals surface area (Å²) in [5, 5.41) is 0. The molecule has 3 nitrogen and oxygen atoms in total. The molecule has 1 heterocycles. The van der Waals surface area contributed by atoms with Crippen molar-refractivity contribution in [2.75, 3.05) is 5.84 Å². The summed E-state index contributed by atoms with van der Waals surface area (Å²) in [4.78, 5) is 3.71. The maximum atomic E-state index is 5.53. The fraction of sp³-hybridized carbons (Fsp3) is 0.125. The van der Waals surface area contributed by atoms with Crippen LogP contribution in [0.1, 0.15) is 5.56 Å². The molecule has 0 saturated carbocycles. The maximum Gasteiger partial charge on any atom is 0.161 e. The van der Waals surface area contributed by atoms with E-state index >= 15 is 0 Å². The molecule has 0 bridgehead atoms. The molecule has 0 aliphatic heterocycles. The normalized spacial score (nSPS) is 11.1. The topological polar surface area (TPSA) is 43.3 Å². The first-order chi connectivity index (χ1) is 5.24. The molecule has 0 saturated heterocycles. The number of nitrogens with two attached hydrogens (primary N) is 1. The van der Waals surface area contributed by atoms with Gasteiger partial charge in [0.1, 0.15) is 0 Å². The molecule has 0 aliphatic carbocycles. The monoisotopic (exact) mass is 147 g/mol. The van der Waals surface area contributed by atoms with Crippen LogP contribution in [0.2, 0.25) is 0 Å². The highest BCUT2D eigenvalue weighted by molar-refractivity contribution is 5.07. The van der Waals surface area contributed by atoms with E-state index in [2.05, 4.69) is 11.0 Å². The van der Waals surface area contributed by atoms with Crippen molar-refractivity contribution in [2.45, 2.75) is 6.92 Å². The van der Waals surface area contributed by atoms with Crippen molar-refractivity contribution in [3.05, 3.63) is 29.4 Å². The van der Waals surface area contributed by atoms with Crippen molar-refractivity contribution in [1.29, 1.82) is 0 Å². The Hall–Kier alpha value is -1.69. The van der Waals surface area contributed by atoms with Gasteiger partial charge in [0.25, 0.3) is 0 Å². The predicted octanol–water partition coefficient (Wildman–Crippen LogP) is 0.00172. The van der Waals surface area contributed by atoms with Gasteiger partial charge in [-0.2, -0.15) is 4.99 Å². The summed E-state index contributed by atoms with van der Waals surface area (Å²) in [7, 11) is 0. The number of terminal acetylenes is 1. The average Bonchev–Trinajstić information content (AvgIpc) is 1.95. The van der Waals surface area contributed by atoms with Gasteiger partial charge in [-0.25, -0.2) is 0 Å². The van der Waals surface area contributed by atoms with Crippen LogP contribution in [0.5, 0.6) is 0 Å². The fourth-order valence-corrected chi connectivity index (χ4v) is 0.782. The lowest BCUT2D eigenvalue weighted by molar-refractivity contribution is 0.896. The van der Waals surface area contributed by atoms with Crippen molar-refractivity contribution in [1.82, 2.24) is 4.68 Å². The number of aromatic nitrogens is 1. The summed E-state index contributed by atoms with van der Waals surface area (Å²) in [5.41, 5.74) is 1.65. The standard InChI is InChI=1S/C8H9N3/c1-3-10-8-5-4-7(2)6-11(8)9/h1,4-6H,9H2,2H3/b10-8-. The molecule has 1 aromatic rings. The molecule has 0 fully saturated rings. The van der Waals surface area contributed by atoms with Gasteiger partial charge in [-0.3, -0.25) is 4.68 Å². The number of aryl methyl sites for hydroxylation is 1. The maximum absolute atomic E-state index is 5.53. The molecule has 11 heavy (non-hydrogen) atoms. The van der Waals surface area contributed by atoms with Crippen molar-refractivity contribution in [2.24, 2.45) is 4.99 Å². The molecule has 0 unspecified atom stereocenters. The summed E-state index contributed by atoms with van der Waals surface area (Å²) in [6.07, 6.45) is 6.74. The molecular weight excluding hydrogens is 138 g/mol. The third kappa shape index (κ3) is 1.62. The largest absolute Gasteiger partial charge is 0.338 e. The number of pyridine rings is 1. The molecule has 56 valence electrons. The first-order valence-electron chi connectivity index (χ1n) is 3.18. The van der Waals surface area contributed by atoms with Crippen LogP contribution in [-0.4, -0.2) is 4.68 Å². The summed E-state index contributed by atoms with van der Waals surface area (Å²) in [6.45, 7) is 1.95. The van der Waals surface area contributed by atoms with Crippen LogP contribution in [0, 0.1) is 19.4 Å². The first-order valence-corrected chi connectivity index (χ1v) is 3.18. The Morgan fingerprint density at radius 3 is 2.91 bits per heavy atom. The fourth-order valence-electron chi connectivity index (χ4n) is 0.782. The molecule has 0 radical (unpaired) electrons. The molecule has 0 spiro atoms. The highest BCUT2D eigenvalue weighted by Gasteiger charge is 1.86. The van der Waals surface area contributed by atoms with E-state index in [-0.39, 0.29) is 0 Å². The second-order valence-electron chi connectivity index (χ2n) is 2.21. The van der Waals surface area contributed by atoms with Gasteiger partial charge in [0.15, 0.2) is 5.49 Å². The van der Waals surface area contributed by atoms with Crippen LogP contribution in [-0.2, 0) is 0 Å². The second kappa shape index (κ2) is 2.93. The summed E-state index contributed by atoms with van der Waals surface area (Å²) < 4.78 is 1.40. The smallest absolute Gasteiger partial charge is 0.161 e. The van der Waals surface area contributed by atoms with E-state index in [1.54, 1.807) is 12.3 Å². The second-order valence-corrected chi connectivity index (χ2v) is 2.21. The zero-order valence-electron chi connectivity index (χ0n) is 6.28. The number of nitrogen functional groups attached to an aromatic ring is 1. The van der Waals surface area contributed by atoms with Gasteiger partial charge in [-0.15, -0.1) is 0 Å². The van der Waals surface area contributed by atoms with Gasteiger partial charge in [-0.1, -0.05) is 12.5 Å². The SMILES string of the molecule is C#C/N=c1/ccc(C)cn1N. The quantitative estimate of drug-likeness (QED) is 0.407. The highest BCUT2D eigenvalue weighted by atomic mass is 15.3. The Balaban J connectivity index is 3.34. The molecule has 3 heteroatoms. The van der Waals surface area contributed by atoms with Crippen LogP contribution in [0.25, 0.3) is 0 Å². The third-order valence-electron chi connectivity index (χ3n) is 1.28. The summed E-state index contributed by atoms with van der Waals surface area (Å²) >= 11 is 0. The van der Waals surface area contributed by atoms with E-state index < -0.39 is 0 Å². The lowest BCUT2D eigenvalue weighted by atomic mass is 10.3. The Morgan fingerprint density at radius 1 is 1.64 bits per heavy atom. The Kier molecular flexibility index (Phi) is 1.98.